The zero-order chi connectivity index (χ0) is 20.9. The topological polar surface area (TPSA) is 108 Å². The van der Waals surface area contributed by atoms with Crippen molar-refractivity contribution in [2.24, 2.45) is 0 Å². The molecule has 0 aliphatic rings. The van der Waals surface area contributed by atoms with Gasteiger partial charge >= 0.3 is 0 Å². The fourth-order valence-electron chi connectivity index (χ4n) is 3.22. The molecule has 1 aromatic carbocycles. The van der Waals surface area contributed by atoms with Crippen molar-refractivity contribution in [2.45, 2.75) is 6.92 Å². The lowest BCUT2D eigenvalue weighted by molar-refractivity contribution is 0.0950. The average molecular weight is 401 g/mol. The van der Waals surface area contributed by atoms with Crippen LogP contribution in [0.1, 0.15) is 16.1 Å². The van der Waals surface area contributed by atoms with Crippen molar-refractivity contribution in [3.8, 4) is 11.4 Å². The van der Waals surface area contributed by atoms with Crippen molar-refractivity contribution in [3.05, 3.63) is 66.1 Å². The van der Waals surface area contributed by atoms with E-state index in [4.69, 9.17) is 0 Å². The van der Waals surface area contributed by atoms with Crippen molar-refractivity contribution in [1.29, 1.82) is 0 Å². The molecule has 8 heteroatoms. The Balaban J connectivity index is 1.57. The van der Waals surface area contributed by atoms with Crippen molar-refractivity contribution in [2.75, 3.05) is 25.5 Å². The third-order valence-electron chi connectivity index (χ3n) is 4.67. The number of H-pyrrole nitrogens is 1. The number of fused-ring (bicyclic) bond motifs is 1. The van der Waals surface area contributed by atoms with Gasteiger partial charge in [0.05, 0.1) is 11.4 Å². The summed E-state index contributed by atoms with van der Waals surface area (Å²) in [4.78, 5) is 28.8. The molecule has 1 amide bonds. The zero-order valence-electron chi connectivity index (χ0n) is 16.9. The van der Waals surface area contributed by atoms with Crippen LogP contribution in [0.3, 0.4) is 0 Å². The molecule has 152 valence electrons. The summed E-state index contributed by atoms with van der Waals surface area (Å²) in [6.07, 6.45) is 3.44. The summed E-state index contributed by atoms with van der Waals surface area (Å²) in [6.45, 7) is 3.29. The first-order valence-corrected chi connectivity index (χ1v) is 9.71. The number of carbonyl (C=O) groups is 1. The van der Waals surface area contributed by atoms with E-state index in [-0.39, 0.29) is 5.91 Å². The van der Waals surface area contributed by atoms with Gasteiger partial charge in [-0.25, -0.2) is 9.97 Å². The highest BCUT2D eigenvalue weighted by Gasteiger charge is 2.12. The van der Waals surface area contributed by atoms with E-state index >= 15 is 0 Å². The molecule has 4 N–H and O–H groups in total. The minimum absolute atomic E-state index is 0.123. The number of amides is 1. The largest absolute Gasteiger partial charge is 0.350 e. The Morgan fingerprint density at radius 1 is 1.03 bits per heavy atom. The van der Waals surface area contributed by atoms with Gasteiger partial charge in [-0.1, -0.05) is 6.07 Å². The molecule has 0 aliphatic heterocycles. The molecular formula is C22H23N7O. The lowest BCUT2D eigenvalue weighted by atomic mass is 10.1. The van der Waals surface area contributed by atoms with Crippen LogP contribution in [0.15, 0.2) is 54.9 Å². The van der Waals surface area contributed by atoms with Crippen LogP contribution < -0.4 is 16.0 Å². The second-order valence-corrected chi connectivity index (χ2v) is 6.91. The second-order valence-electron chi connectivity index (χ2n) is 6.91. The molecule has 30 heavy (non-hydrogen) atoms. The van der Waals surface area contributed by atoms with Crippen LogP contribution in [0, 0.1) is 6.92 Å². The number of benzene rings is 1. The van der Waals surface area contributed by atoms with E-state index in [9.17, 15) is 4.79 Å². The van der Waals surface area contributed by atoms with Gasteiger partial charge < -0.3 is 20.9 Å². The number of aryl methyl sites for hydroxylation is 1. The molecule has 0 spiro atoms. The molecule has 0 saturated heterocycles. The number of likely N-dealkylation sites (N-methyl/N-ethyl adjacent to an activating group) is 1. The van der Waals surface area contributed by atoms with Crippen LogP contribution in [0.25, 0.3) is 22.3 Å². The molecule has 0 unspecified atom stereocenters. The molecule has 4 aromatic rings. The first-order valence-electron chi connectivity index (χ1n) is 9.71. The van der Waals surface area contributed by atoms with E-state index in [2.05, 4.69) is 35.9 Å². The Labute approximate surface area is 174 Å². The summed E-state index contributed by atoms with van der Waals surface area (Å²) < 4.78 is 0. The van der Waals surface area contributed by atoms with Crippen molar-refractivity contribution in [3.63, 3.8) is 0 Å². The predicted octanol–water partition coefficient (Wildman–Crippen LogP) is 3.02. The van der Waals surface area contributed by atoms with E-state index in [0.717, 1.165) is 40.1 Å². The van der Waals surface area contributed by atoms with Crippen LogP contribution in [-0.2, 0) is 0 Å². The number of aromatic amines is 1. The molecule has 0 aliphatic carbocycles. The molecule has 0 radical (unpaired) electrons. The van der Waals surface area contributed by atoms with Crippen molar-refractivity contribution >= 4 is 28.4 Å². The van der Waals surface area contributed by atoms with Crippen molar-refractivity contribution < 1.29 is 4.79 Å². The highest BCUT2D eigenvalue weighted by atomic mass is 16.1. The Kier molecular flexibility index (Phi) is 5.67. The SMILES string of the molecule is CNCCNC(=O)c1cc2cc(Nc3nccc(-c4ccccn4)n3)cc(C)c2[nH]1. The van der Waals surface area contributed by atoms with E-state index < -0.39 is 0 Å². The molecule has 3 aromatic heterocycles. The quantitative estimate of drug-likeness (QED) is 0.355. The fourth-order valence-corrected chi connectivity index (χ4v) is 3.22. The standard InChI is InChI=1S/C22H23N7O/c1-14-11-16(12-15-13-19(28-20(14)15)21(30)25-10-9-23-2)27-22-26-8-6-18(29-22)17-5-3-4-7-24-17/h3-8,11-13,23,28H,9-10H2,1-2H3,(H,25,30)(H,26,27,29). The van der Waals surface area contributed by atoms with Gasteiger partial charge in [-0.05, 0) is 55.9 Å². The van der Waals surface area contributed by atoms with Gasteiger partial charge in [0.15, 0.2) is 0 Å². The number of carbonyl (C=O) groups excluding carboxylic acids is 1. The van der Waals surface area contributed by atoms with E-state index in [0.29, 0.717) is 18.2 Å². The summed E-state index contributed by atoms with van der Waals surface area (Å²) in [5, 5.41) is 10.1. The third kappa shape index (κ3) is 4.28. The minimum atomic E-state index is -0.123. The van der Waals surface area contributed by atoms with Gasteiger partial charge in [-0.15, -0.1) is 0 Å². The van der Waals surface area contributed by atoms with Crippen LogP contribution in [0.5, 0.6) is 0 Å². The van der Waals surface area contributed by atoms with Crippen LogP contribution in [-0.4, -0.2) is 46.0 Å². The van der Waals surface area contributed by atoms with Gasteiger partial charge in [0.2, 0.25) is 5.95 Å². The predicted molar refractivity (Wildman–Crippen MR) is 118 cm³/mol. The van der Waals surface area contributed by atoms with Gasteiger partial charge in [0.1, 0.15) is 5.69 Å². The number of nitrogens with one attached hydrogen (secondary N) is 4. The molecule has 3 heterocycles. The summed E-state index contributed by atoms with van der Waals surface area (Å²) in [7, 11) is 1.85. The fraction of sp³-hybridized carbons (Fsp3) is 0.182. The van der Waals surface area contributed by atoms with Gasteiger partial charge in [0.25, 0.3) is 5.91 Å². The highest BCUT2D eigenvalue weighted by Crippen LogP contribution is 2.26. The zero-order valence-corrected chi connectivity index (χ0v) is 16.9. The van der Waals surface area contributed by atoms with Gasteiger partial charge in [-0.3, -0.25) is 9.78 Å². The Morgan fingerprint density at radius 2 is 1.93 bits per heavy atom. The number of pyridine rings is 1. The van der Waals surface area contributed by atoms with E-state index in [1.807, 2.05) is 56.4 Å². The molecule has 0 atom stereocenters. The number of nitrogens with zero attached hydrogens (tertiary/aromatic N) is 3. The Morgan fingerprint density at radius 3 is 2.73 bits per heavy atom. The first-order chi connectivity index (χ1) is 14.6. The molecule has 4 rings (SSSR count). The van der Waals surface area contributed by atoms with E-state index in [1.165, 1.54) is 0 Å². The molecule has 0 saturated carbocycles. The number of anilines is 2. The summed E-state index contributed by atoms with van der Waals surface area (Å²) in [5.74, 6) is 0.360. The normalized spacial score (nSPS) is 10.9. The molecule has 0 bridgehead atoms. The lowest BCUT2D eigenvalue weighted by Crippen LogP contribution is -2.30. The third-order valence-corrected chi connectivity index (χ3v) is 4.67. The smallest absolute Gasteiger partial charge is 0.267 e. The van der Waals surface area contributed by atoms with Gasteiger partial charge in [-0.2, -0.15) is 0 Å². The highest BCUT2D eigenvalue weighted by molar-refractivity contribution is 5.99. The molecular weight excluding hydrogens is 378 g/mol. The first kappa shape index (κ1) is 19.5. The second kappa shape index (κ2) is 8.71. The maximum Gasteiger partial charge on any atom is 0.267 e. The Hall–Kier alpha value is -3.78. The Bertz CT molecular complexity index is 1170. The number of aromatic nitrogens is 4. The van der Waals surface area contributed by atoms with Crippen molar-refractivity contribution in [1.82, 2.24) is 30.6 Å². The summed E-state index contributed by atoms with van der Waals surface area (Å²) >= 11 is 0. The van der Waals surface area contributed by atoms with E-state index in [1.54, 1.807) is 12.4 Å². The average Bonchev–Trinajstić information content (AvgIpc) is 3.20. The maximum absolute atomic E-state index is 12.3. The number of rotatable bonds is 7. The summed E-state index contributed by atoms with van der Waals surface area (Å²) in [5.41, 5.74) is 4.86. The maximum atomic E-state index is 12.3. The van der Waals surface area contributed by atoms with Crippen LogP contribution in [0.2, 0.25) is 0 Å². The number of hydrogen-bond acceptors (Lipinski definition) is 6. The van der Waals surface area contributed by atoms with Crippen LogP contribution in [0.4, 0.5) is 11.6 Å². The monoisotopic (exact) mass is 401 g/mol. The van der Waals surface area contributed by atoms with Gasteiger partial charge in [0, 0.05) is 42.1 Å². The lowest BCUT2D eigenvalue weighted by Gasteiger charge is -2.08. The minimum Gasteiger partial charge on any atom is -0.350 e. The summed E-state index contributed by atoms with van der Waals surface area (Å²) in [6, 6.07) is 13.4. The molecule has 0 fully saturated rings. The number of hydrogen-bond donors (Lipinski definition) is 4. The van der Waals surface area contributed by atoms with Crippen LogP contribution >= 0.6 is 0 Å². The molecule has 8 nitrogen and oxygen atoms in total.